The molecule has 2 aromatic rings. The summed E-state index contributed by atoms with van der Waals surface area (Å²) in [5, 5.41) is 4.92. The number of rotatable bonds is 4. The maximum absolute atomic E-state index is 12.3. The lowest BCUT2D eigenvalue weighted by atomic mass is 10.1. The molecule has 5 nitrogen and oxygen atoms in total. The molecule has 25 heavy (non-hydrogen) atoms. The van der Waals surface area contributed by atoms with Crippen molar-refractivity contribution in [1.82, 2.24) is 5.32 Å². The van der Waals surface area contributed by atoms with Gasteiger partial charge in [-0.3, -0.25) is 19.7 Å². The second-order valence-corrected chi connectivity index (χ2v) is 7.29. The van der Waals surface area contributed by atoms with Gasteiger partial charge in [0.15, 0.2) is 0 Å². The summed E-state index contributed by atoms with van der Waals surface area (Å²) in [7, 11) is 0. The highest BCUT2D eigenvalue weighted by Gasteiger charge is 2.31. The third-order valence-corrected chi connectivity index (χ3v) is 5.22. The lowest BCUT2D eigenvalue weighted by Gasteiger charge is -2.09. The van der Waals surface area contributed by atoms with Crippen molar-refractivity contribution in [3.05, 3.63) is 64.2 Å². The molecule has 1 atom stereocenters. The fourth-order valence-electron chi connectivity index (χ4n) is 2.41. The molecule has 0 unspecified atom stereocenters. The Morgan fingerprint density at radius 2 is 1.92 bits per heavy atom. The number of halogens is 1. The highest BCUT2D eigenvalue weighted by Crippen LogP contribution is 2.23. The molecule has 1 fully saturated rings. The third-order valence-electron chi connectivity index (χ3n) is 3.83. The minimum absolute atomic E-state index is 0.241. The molecule has 2 N–H and O–H groups in total. The molecule has 3 amide bonds. The smallest absolute Gasteiger partial charge is 0.286 e. The molecule has 2 aromatic carbocycles. The Hall–Kier alpha value is -2.31. The van der Waals surface area contributed by atoms with Gasteiger partial charge in [0.1, 0.15) is 0 Å². The van der Waals surface area contributed by atoms with Crippen molar-refractivity contribution in [2.45, 2.75) is 18.6 Å². The summed E-state index contributed by atoms with van der Waals surface area (Å²) >= 11 is 7.05. The highest BCUT2D eigenvalue weighted by molar-refractivity contribution is 8.15. The lowest BCUT2D eigenvalue weighted by molar-refractivity contribution is -0.118. The van der Waals surface area contributed by atoms with Crippen LogP contribution in [-0.4, -0.2) is 22.3 Å². The molecule has 3 rings (SSSR count). The van der Waals surface area contributed by atoms with Gasteiger partial charge < -0.3 is 5.32 Å². The van der Waals surface area contributed by atoms with Crippen molar-refractivity contribution < 1.29 is 14.4 Å². The number of nitrogens with one attached hydrogen (secondary N) is 2. The zero-order valence-electron chi connectivity index (χ0n) is 13.3. The molecule has 1 aliphatic heterocycles. The summed E-state index contributed by atoms with van der Waals surface area (Å²) < 4.78 is 0. The molecule has 0 radical (unpaired) electrons. The van der Waals surface area contributed by atoms with Crippen LogP contribution >= 0.6 is 23.4 Å². The van der Waals surface area contributed by atoms with Gasteiger partial charge in [-0.15, -0.1) is 0 Å². The quantitative estimate of drug-likeness (QED) is 0.853. The Balaban J connectivity index is 1.65. The van der Waals surface area contributed by atoms with Crippen LogP contribution in [0.2, 0.25) is 5.02 Å². The van der Waals surface area contributed by atoms with Gasteiger partial charge >= 0.3 is 0 Å². The molecular formula is C18H15ClN2O3S. The van der Waals surface area contributed by atoms with E-state index in [-0.39, 0.29) is 17.1 Å². The summed E-state index contributed by atoms with van der Waals surface area (Å²) in [6.45, 7) is 1.89. The fraction of sp³-hybridized carbons (Fsp3) is 0.167. The van der Waals surface area contributed by atoms with Crippen molar-refractivity contribution in [2.75, 3.05) is 5.32 Å². The van der Waals surface area contributed by atoms with Crippen LogP contribution in [0.5, 0.6) is 0 Å². The van der Waals surface area contributed by atoms with Crippen molar-refractivity contribution in [3.8, 4) is 0 Å². The van der Waals surface area contributed by atoms with Gasteiger partial charge in [0.2, 0.25) is 5.91 Å². The van der Waals surface area contributed by atoms with E-state index >= 15 is 0 Å². The van der Waals surface area contributed by atoms with Gasteiger partial charge in [-0.25, -0.2) is 0 Å². The average molecular weight is 375 g/mol. The summed E-state index contributed by atoms with van der Waals surface area (Å²) in [5.74, 6) is -0.511. The number of hydrogen-bond donors (Lipinski definition) is 2. The molecule has 1 heterocycles. The number of thioether (sulfide) groups is 1. The van der Waals surface area contributed by atoms with Gasteiger partial charge in [0, 0.05) is 16.3 Å². The van der Waals surface area contributed by atoms with Crippen molar-refractivity contribution in [1.29, 1.82) is 0 Å². The molecule has 0 spiro atoms. The number of imide groups is 1. The number of amides is 3. The van der Waals surface area contributed by atoms with E-state index in [2.05, 4.69) is 10.6 Å². The standard InChI is InChI=1S/C18H15ClN2O3S/c1-10-2-7-13(9-14(10)19)20-16(22)12-5-3-11(4-6-12)8-15-17(23)21-18(24)25-15/h2-7,9,15H,8H2,1H3,(H,20,22)(H,21,23,24)/t15-/m1/s1. The van der Waals surface area contributed by atoms with Crippen LogP contribution < -0.4 is 10.6 Å². The van der Waals surface area contributed by atoms with E-state index in [4.69, 9.17) is 11.6 Å². The molecule has 0 aliphatic carbocycles. The molecule has 1 aliphatic rings. The van der Waals surface area contributed by atoms with Crippen molar-refractivity contribution in [2.24, 2.45) is 0 Å². The van der Waals surface area contributed by atoms with E-state index in [1.54, 1.807) is 36.4 Å². The van der Waals surface area contributed by atoms with Gasteiger partial charge in [-0.2, -0.15) is 0 Å². The van der Waals surface area contributed by atoms with Gasteiger partial charge in [-0.1, -0.05) is 41.6 Å². The first-order valence-electron chi connectivity index (χ1n) is 7.60. The van der Waals surface area contributed by atoms with Crippen LogP contribution in [0.1, 0.15) is 21.5 Å². The normalized spacial score (nSPS) is 16.6. The van der Waals surface area contributed by atoms with E-state index in [0.29, 0.717) is 22.7 Å². The van der Waals surface area contributed by atoms with E-state index in [1.807, 2.05) is 13.0 Å². The largest absolute Gasteiger partial charge is 0.322 e. The number of aryl methyl sites for hydroxylation is 1. The zero-order chi connectivity index (χ0) is 18.0. The molecule has 1 saturated heterocycles. The predicted octanol–water partition coefficient (Wildman–Crippen LogP) is 3.79. The van der Waals surface area contributed by atoms with Crippen LogP contribution in [0.25, 0.3) is 0 Å². The summed E-state index contributed by atoms with van der Waals surface area (Å²) in [6.07, 6.45) is 0.442. The van der Waals surface area contributed by atoms with Gasteiger partial charge in [0.05, 0.1) is 5.25 Å². The molecule has 0 bridgehead atoms. The van der Waals surface area contributed by atoms with Crippen LogP contribution in [0.4, 0.5) is 10.5 Å². The van der Waals surface area contributed by atoms with E-state index < -0.39 is 5.25 Å². The van der Waals surface area contributed by atoms with E-state index in [9.17, 15) is 14.4 Å². The Morgan fingerprint density at radius 1 is 1.20 bits per heavy atom. The van der Waals surface area contributed by atoms with Gasteiger partial charge in [0.25, 0.3) is 11.1 Å². The number of carbonyl (C=O) groups is 3. The number of hydrogen-bond acceptors (Lipinski definition) is 4. The Kier molecular flexibility index (Phi) is 5.11. The predicted molar refractivity (Wildman–Crippen MR) is 99.2 cm³/mol. The van der Waals surface area contributed by atoms with Crippen LogP contribution in [-0.2, 0) is 11.2 Å². The number of benzene rings is 2. The van der Waals surface area contributed by atoms with Crippen molar-refractivity contribution >= 4 is 46.1 Å². The molecule has 7 heteroatoms. The number of carbonyl (C=O) groups excluding carboxylic acids is 3. The van der Waals surface area contributed by atoms with Crippen LogP contribution in [0.15, 0.2) is 42.5 Å². The van der Waals surface area contributed by atoms with Gasteiger partial charge in [-0.05, 0) is 48.7 Å². The second kappa shape index (κ2) is 7.29. The first-order valence-corrected chi connectivity index (χ1v) is 8.86. The monoisotopic (exact) mass is 374 g/mol. The SMILES string of the molecule is Cc1ccc(NC(=O)c2ccc(C[C@H]3SC(=O)NC3=O)cc2)cc1Cl. The number of anilines is 1. The van der Waals surface area contributed by atoms with E-state index in [0.717, 1.165) is 22.9 Å². The van der Waals surface area contributed by atoms with E-state index in [1.165, 1.54) is 0 Å². The maximum atomic E-state index is 12.3. The fourth-order valence-corrected chi connectivity index (χ4v) is 3.45. The Bertz CT molecular complexity index is 852. The van der Waals surface area contributed by atoms with Crippen LogP contribution in [0.3, 0.4) is 0 Å². The molecule has 128 valence electrons. The topological polar surface area (TPSA) is 75.3 Å². The molecule has 0 aromatic heterocycles. The Labute approximate surface area is 154 Å². The average Bonchev–Trinajstić information content (AvgIpc) is 2.89. The minimum atomic E-state index is -0.415. The first-order chi connectivity index (χ1) is 11.9. The summed E-state index contributed by atoms with van der Waals surface area (Å²) in [6, 6.07) is 12.3. The molecule has 0 saturated carbocycles. The highest BCUT2D eigenvalue weighted by atomic mass is 35.5. The maximum Gasteiger partial charge on any atom is 0.286 e. The minimum Gasteiger partial charge on any atom is -0.322 e. The summed E-state index contributed by atoms with van der Waals surface area (Å²) in [5.41, 5.74) is 2.95. The van der Waals surface area contributed by atoms with Crippen LogP contribution in [0, 0.1) is 6.92 Å². The van der Waals surface area contributed by atoms with Crippen molar-refractivity contribution in [3.63, 3.8) is 0 Å². The molecular weight excluding hydrogens is 360 g/mol. The Morgan fingerprint density at radius 3 is 2.52 bits per heavy atom. The third kappa shape index (κ3) is 4.21. The zero-order valence-corrected chi connectivity index (χ0v) is 14.9. The first kappa shape index (κ1) is 17.5. The summed E-state index contributed by atoms with van der Waals surface area (Å²) in [4.78, 5) is 35.1. The lowest BCUT2D eigenvalue weighted by Crippen LogP contribution is -2.25. The second-order valence-electron chi connectivity index (χ2n) is 5.70.